The standard InChI is InChI=1S/C22H19N5/c1-3-15-10-7-11-19-18(14-24-20(15)19)12-17(13-23)22-26-25-21(27(22)2)16-8-5-4-6-9-16/h4-12,14,24H,3H2,1-2H3/b17-12-. The van der Waals surface area contributed by atoms with E-state index in [1.165, 1.54) is 5.56 Å². The van der Waals surface area contributed by atoms with E-state index in [1.54, 1.807) is 0 Å². The topological polar surface area (TPSA) is 70.3 Å². The summed E-state index contributed by atoms with van der Waals surface area (Å²) < 4.78 is 1.86. The summed E-state index contributed by atoms with van der Waals surface area (Å²) in [6, 6.07) is 18.4. The Bertz CT molecular complexity index is 1170. The molecule has 0 bridgehead atoms. The number of aryl methyl sites for hydroxylation is 1. The van der Waals surface area contributed by atoms with Crippen molar-refractivity contribution >= 4 is 22.6 Å². The van der Waals surface area contributed by atoms with Gasteiger partial charge in [-0.05, 0) is 18.1 Å². The Morgan fingerprint density at radius 2 is 1.96 bits per heavy atom. The van der Waals surface area contributed by atoms with Crippen LogP contribution in [0.4, 0.5) is 0 Å². The van der Waals surface area contributed by atoms with E-state index in [0.29, 0.717) is 11.4 Å². The smallest absolute Gasteiger partial charge is 0.174 e. The number of hydrogen-bond acceptors (Lipinski definition) is 3. The molecular weight excluding hydrogens is 334 g/mol. The fourth-order valence-corrected chi connectivity index (χ4v) is 3.36. The second-order valence-electron chi connectivity index (χ2n) is 6.38. The monoisotopic (exact) mass is 353 g/mol. The number of fused-ring (bicyclic) bond motifs is 1. The first kappa shape index (κ1) is 16.8. The van der Waals surface area contributed by atoms with Crippen LogP contribution in [0, 0.1) is 11.3 Å². The minimum Gasteiger partial charge on any atom is -0.360 e. The van der Waals surface area contributed by atoms with E-state index in [4.69, 9.17) is 0 Å². The molecular formula is C22H19N5. The van der Waals surface area contributed by atoms with Crippen LogP contribution in [-0.4, -0.2) is 19.7 Å². The molecule has 0 radical (unpaired) electrons. The number of hydrogen-bond donors (Lipinski definition) is 1. The number of allylic oxidation sites excluding steroid dienone is 1. The van der Waals surface area contributed by atoms with Gasteiger partial charge in [-0.15, -0.1) is 10.2 Å². The minimum absolute atomic E-state index is 0.481. The molecule has 0 spiro atoms. The number of rotatable bonds is 4. The Kier molecular flexibility index (Phi) is 4.31. The van der Waals surface area contributed by atoms with Gasteiger partial charge >= 0.3 is 0 Å². The maximum atomic E-state index is 9.75. The molecule has 2 heterocycles. The van der Waals surface area contributed by atoms with Crippen molar-refractivity contribution in [3.63, 3.8) is 0 Å². The lowest BCUT2D eigenvalue weighted by molar-refractivity contribution is 0.901. The second-order valence-corrected chi connectivity index (χ2v) is 6.38. The van der Waals surface area contributed by atoms with Gasteiger partial charge in [0.1, 0.15) is 6.07 Å². The van der Waals surface area contributed by atoms with Crippen molar-refractivity contribution in [3.05, 3.63) is 71.7 Å². The van der Waals surface area contributed by atoms with E-state index in [-0.39, 0.29) is 0 Å². The number of benzene rings is 2. The van der Waals surface area contributed by atoms with Crippen molar-refractivity contribution in [3.8, 4) is 17.5 Å². The van der Waals surface area contributed by atoms with E-state index in [2.05, 4.69) is 40.3 Å². The number of para-hydroxylation sites is 1. The van der Waals surface area contributed by atoms with Gasteiger partial charge in [0.25, 0.3) is 0 Å². The van der Waals surface area contributed by atoms with Gasteiger partial charge in [0.15, 0.2) is 11.6 Å². The zero-order valence-electron chi connectivity index (χ0n) is 15.3. The Labute approximate surface area is 157 Å². The van der Waals surface area contributed by atoms with Crippen molar-refractivity contribution < 1.29 is 0 Å². The molecule has 4 rings (SSSR count). The van der Waals surface area contributed by atoms with Crippen molar-refractivity contribution in [1.29, 1.82) is 5.26 Å². The highest BCUT2D eigenvalue weighted by molar-refractivity contribution is 5.97. The maximum absolute atomic E-state index is 9.75. The molecule has 0 fully saturated rings. The Morgan fingerprint density at radius 1 is 1.15 bits per heavy atom. The molecule has 2 aromatic heterocycles. The molecule has 0 aliphatic heterocycles. The number of H-pyrrole nitrogens is 1. The van der Waals surface area contributed by atoms with E-state index in [9.17, 15) is 5.26 Å². The molecule has 0 saturated carbocycles. The van der Waals surface area contributed by atoms with Crippen LogP contribution in [0.25, 0.3) is 33.9 Å². The predicted molar refractivity (Wildman–Crippen MR) is 108 cm³/mol. The number of nitriles is 1. The normalized spacial score (nSPS) is 11.7. The molecule has 4 aromatic rings. The Balaban J connectivity index is 1.80. The fraction of sp³-hybridized carbons (Fsp3) is 0.136. The largest absolute Gasteiger partial charge is 0.360 e. The summed E-state index contributed by atoms with van der Waals surface area (Å²) in [6.45, 7) is 2.14. The third-order valence-electron chi connectivity index (χ3n) is 4.78. The van der Waals surface area contributed by atoms with E-state index in [1.807, 2.05) is 60.3 Å². The SMILES string of the molecule is CCc1cccc2c(/C=C(/C#N)c3nnc(-c4ccccc4)n3C)c[nH]c12. The highest BCUT2D eigenvalue weighted by atomic mass is 15.3. The quantitative estimate of drug-likeness (QED) is 0.546. The van der Waals surface area contributed by atoms with Crippen LogP contribution in [0.2, 0.25) is 0 Å². The van der Waals surface area contributed by atoms with Crippen LogP contribution >= 0.6 is 0 Å². The number of aromatic nitrogens is 4. The summed E-state index contributed by atoms with van der Waals surface area (Å²) in [5.74, 6) is 1.29. The number of aromatic amines is 1. The molecule has 1 N–H and O–H groups in total. The average molecular weight is 353 g/mol. The van der Waals surface area contributed by atoms with Crippen molar-refractivity contribution in [2.75, 3.05) is 0 Å². The van der Waals surface area contributed by atoms with Gasteiger partial charge in [0.05, 0.1) is 5.57 Å². The summed E-state index contributed by atoms with van der Waals surface area (Å²) in [5, 5.41) is 19.4. The van der Waals surface area contributed by atoms with Crippen molar-refractivity contribution in [1.82, 2.24) is 19.7 Å². The molecule has 0 unspecified atom stereocenters. The molecule has 0 aliphatic rings. The minimum atomic E-state index is 0.481. The number of nitrogens with one attached hydrogen (secondary N) is 1. The summed E-state index contributed by atoms with van der Waals surface area (Å²) in [5.41, 5.74) is 4.80. The zero-order valence-corrected chi connectivity index (χ0v) is 15.3. The van der Waals surface area contributed by atoms with Crippen LogP contribution in [0.15, 0.2) is 54.7 Å². The first-order valence-electron chi connectivity index (χ1n) is 8.89. The van der Waals surface area contributed by atoms with E-state index >= 15 is 0 Å². The van der Waals surface area contributed by atoms with Gasteiger partial charge in [-0.2, -0.15) is 5.26 Å². The lowest BCUT2D eigenvalue weighted by atomic mass is 10.1. The molecule has 0 saturated heterocycles. The zero-order chi connectivity index (χ0) is 18.8. The molecule has 27 heavy (non-hydrogen) atoms. The average Bonchev–Trinajstić information content (AvgIpc) is 3.30. The highest BCUT2D eigenvalue weighted by Crippen LogP contribution is 2.27. The van der Waals surface area contributed by atoms with Gasteiger partial charge in [0, 0.05) is 35.3 Å². The second kappa shape index (κ2) is 6.93. The van der Waals surface area contributed by atoms with Crippen molar-refractivity contribution in [2.24, 2.45) is 7.05 Å². The van der Waals surface area contributed by atoms with Crippen LogP contribution in [0.5, 0.6) is 0 Å². The molecule has 132 valence electrons. The molecule has 2 aromatic carbocycles. The molecule has 5 nitrogen and oxygen atoms in total. The third kappa shape index (κ3) is 2.91. The lowest BCUT2D eigenvalue weighted by Gasteiger charge is -2.03. The van der Waals surface area contributed by atoms with Gasteiger partial charge < -0.3 is 9.55 Å². The fourth-order valence-electron chi connectivity index (χ4n) is 3.36. The van der Waals surface area contributed by atoms with E-state index in [0.717, 1.165) is 34.3 Å². The third-order valence-corrected chi connectivity index (χ3v) is 4.78. The van der Waals surface area contributed by atoms with Gasteiger partial charge in [-0.25, -0.2) is 0 Å². The summed E-state index contributed by atoms with van der Waals surface area (Å²) >= 11 is 0. The molecule has 0 atom stereocenters. The summed E-state index contributed by atoms with van der Waals surface area (Å²) in [6.07, 6.45) is 4.77. The first-order chi connectivity index (χ1) is 13.2. The van der Waals surface area contributed by atoms with Crippen molar-refractivity contribution in [2.45, 2.75) is 13.3 Å². The Morgan fingerprint density at radius 3 is 2.70 bits per heavy atom. The van der Waals surface area contributed by atoms with E-state index < -0.39 is 0 Å². The highest BCUT2D eigenvalue weighted by Gasteiger charge is 2.15. The van der Waals surface area contributed by atoms with Gasteiger partial charge in [0.2, 0.25) is 0 Å². The van der Waals surface area contributed by atoms with Gasteiger partial charge in [-0.1, -0.05) is 55.5 Å². The summed E-state index contributed by atoms with van der Waals surface area (Å²) in [4.78, 5) is 3.34. The summed E-state index contributed by atoms with van der Waals surface area (Å²) in [7, 11) is 1.88. The van der Waals surface area contributed by atoms with Crippen LogP contribution in [0.1, 0.15) is 23.9 Å². The van der Waals surface area contributed by atoms with Crippen LogP contribution in [0.3, 0.4) is 0 Å². The molecule has 0 amide bonds. The maximum Gasteiger partial charge on any atom is 0.174 e. The number of nitrogens with zero attached hydrogens (tertiary/aromatic N) is 4. The lowest BCUT2D eigenvalue weighted by Crippen LogP contribution is -1.98. The van der Waals surface area contributed by atoms with Crippen LogP contribution < -0.4 is 0 Å². The van der Waals surface area contributed by atoms with Crippen LogP contribution in [-0.2, 0) is 13.5 Å². The first-order valence-corrected chi connectivity index (χ1v) is 8.89. The predicted octanol–water partition coefficient (Wildman–Crippen LogP) is 4.59. The molecule has 0 aliphatic carbocycles. The van der Waals surface area contributed by atoms with Gasteiger partial charge in [-0.3, -0.25) is 0 Å². The molecule has 5 heteroatoms. The Hall–Kier alpha value is -3.65.